The van der Waals surface area contributed by atoms with Crippen LogP contribution in [0.15, 0.2) is 22.2 Å². The fraction of sp³-hybridized carbons (Fsp3) is 0.143. The van der Waals surface area contributed by atoms with Crippen LogP contribution in [-0.4, -0.2) is 25.0 Å². The Hall–Kier alpha value is -1.38. The molecule has 1 heterocycles. The summed E-state index contributed by atoms with van der Waals surface area (Å²) in [5.74, 6) is 0.769. The highest BCUT2D eigenvalue weighted by Gasteiger charge is 1.94. The van der Waals surface area contributed by atoms with Crippen LogP contribution < -0.4 is 0 Å². The Kier molecular flexibility index (Phi) is 1.99. The van der Waals surface area contributed by atoms with Crippen LogP contribution in [0, 0.1) is 0 Å². The molecule has 0 aliphatic carbocycles. The molecule has 0 aromatic carbocycles. The average molecular weight is 135 g/mol. The van der Waals surface area contributed by atoms with Gasteiger partial charge in [-0.25, -0.2) is 4.99 Å². The highest BCUT2D eigenvalue weighted by molar-refractivity contribution is 5.85. The number of aromatic amines is 1. The van der Waals surface area contributed by atoms with Gasteiger partial charge in [-0.2, -0.15) is 0 Å². The molecule has 3 nitrogen and oxygen atoms in total. The van der Waals surface area contributed by atoms with Crippen molar-refractivity contribution in [3.05, 3.63) is 17.8 Å². The van der Waals surface area contributed by atoms with Gasteiger partial charge in [0.05, 0.1) is 0 Å². The van der Waals surface area contributed by atoms with E-state index in [0.717, 1.165) is 11.4 Å². The van der Waals surface area contributed by atoms with Crippen molar-refractivity contribution in [2.75, 3.05) is 7.05 Å². The van der Waals surface area contributed by atoms with Gasteiger partial charge < -0.3 is 4.98 Å². The molecule has 0 unspecified atom stereocenters. The van der Waals surface area contributed by atoms with E-state index in [-0.39, 0.29) is 0 Å². The highest BCUT2D eigenvalue weighted by atomic mass is 14.9. The van der Waals surface area contributed by atoms with Gasteiger partial charge in [0, 0.05) is 25.0 Å². The van der Waals surface area contributed by atoms with Crippen LogP contribution in [0.4, 0.5) is 5.82 Å². The lowest BCUT2D eigenvalue weighted by Gasteiger charge is -1.86. The smallest absolute Gasteiger partial charge is 0.138 e. The van der Waals surface area contributed by atoms with Gasteiger partial charge in [-0.3, -0.25) is 4.99 Å². The summed E-state index contributed by atoms with van der Waals surface area (Å²) in [5, 5.41) is 0. The second-order valence-corrected chi connectivity index (χ2v) is 1.83. The molecule has 1 aromatic heterocycles. The molecule has 0 fully saturated rings. The molecule has 1 N–H and O–H groups in total. The summed E-state index contributed by atoms with van der Waals surface area (Å²) in [4.78, 5) is 10.5. The second kappa shape index (κ2) is 2.96. The molecule has 1 aromatic rings. The monoisotopic (exact) mass is 135 g/mol. The molecule has 0 saturated carbocycles. The number of hydrogen-bond acceptors (Lipinski definition) is 2. The van der Waals surface area contributed by atoms with Crippen molar-refractivity contribution >= 4 is 18.7 Å². The largest absolute Gasteiger partial charge is 0.346 e. The van der Waals surface area contributed by atoms with Crippen molar-refractivity contribution in [1.82, 2.24) is 4.98 Å². The minimum absolute atomic E-state index is 0.769. The first-order valence-electron chi connectivity index (χ1n) is 2.94. The molecule has 0 bridgehead atoms. The lowest BCUT2D eigenvalue weighted by Crippen LogP contribution is -1.74. The van der Waals surface area contributed by atoms with Crippen molar-refractivity contribution < 1.29 is 0 Å². The Bertz CT molecular complexity index is 247. The third kappa shape index (κ3) is 1.13. The van der Waals surface area contributed by atoms with Crippen molar-refractivity contribution in [1.29, 1.82) is 0 Å². The quantitative estimate of drug-likeness (QED) is 0.595. The van der Waals surface area contributed by atoms with Crippen molar-refractivity contribution in [2.45, 2.75) is 0 Å². The van der Waals surface area contributed by atoms with Gasteiger partial charge in [0.25, 0.3) is 0 Å². The van der Waals surface area contributed by atoms with Crippen molar-refractivity contribution in [3.63, 3.8) is 0 Å². The number of H-pyrrole nitrogens is 1. The van der Waals surface area contributed by atoms with E-state index in [1.54, 1.807) is 19.5 Å². The number of aromatic nitrogens is 1. The zero-order chi connectivity index (χ0) is 7.40. The van der Waals surface area contributed by atoms with Crippen LogP contribution >= 0.6 is 0 Å². The molecule has 10 heavy (non-hydrogen) atoms. The Morgan fingerprint density at radius 3 is 3.10 bits per heavy atom. The summed E-state index contributed by atoms with van der Waals surface area (Å²) < 4.78 is 0. The van der Waals surface area contributed by atoms with E-state index < -0.39 is 0 Å². The van der Waals surface area contributed by atoms with E-state index in [0.29, 0.717) is 0 Å². The van der Waals surface area contributed by atoms with Gasteiger partial charge in [-0.15, -0.1) is 0 Å². The van der Waals surface area contributed by atoms with Crippen molar-refractivity contribution in [3.8, 4) is 0 Å². The van der Waals surface area contributed by atoms with E-state index in [4.69, 9.17) is 0 Å². The van der Waals surface area contributed by atoms with E-state index in [1.165, 1.54) is 0 Å². The predicted molar refractivity (Wildman–Crippen MR) is 43.5 cm³/mol. The minimum atomic E-state index is 0.769. The van der Waals surface area contributed by atoms with Gasteiger partial charge in [0.15, 0.2) is 0 Å². The predicted octanol–water partition coefficient (Wildman–Crippen LogP) is 1.40. The molecule has 52 valence electrons. The first-order chi connectivity index (χ1) is 4.88. The van der Waals surface area contributed by atoms with Crippen LogP contribution in [0.2, 0.25) is 0 Å². The maximum Gasteiger partial charge on any atom is 0.138 e. The summed E-state index contributed by atoms with van der Waals surface area (Å²) in [6, 6.07) is 1.90. The minimum Gasteiger partial charge on any atom is -0.346 e. The van der Waals surface area contributed by atoms with E-state index in [9.17, 15) is 0 Å². The molecule has 3 heteroatoms. The van der Waals surface area contributed by atoms with Crippen molar-refractivity contribution in [2.24, 2.45) is 9.98 Å². The topological polar surface area (TPSA) is 40.5 Å². The fourth-order valence-electron chi connectivity index (χ4n) is 0.753. The summed E-state index contributed by atoms with van der Waals surface area (Å²) in [5.41, 5.74) is 0.970. The summed E-state index contributed by atoms with van der Waals surface area (Å²) in [6.45, 7) is 3.40. The highest BCUT2D eigenvalue weighted by Crippen LogP contribution is 2.12. The second-order valence-electron chi connectivity index (χ2n) is 1.83. The Morgan fingerprint density at radius 2 is 2.50 bits per heavy atom. The molecule has 0 saturated heterocycles. The van der Waals surface area contributed by atoms with Crippen LogP contribution in [0.1, 0.15) is 5.56 Å². The molecular formula is C7H9N3. The van der Waals surface area contributed by atoms with Gasteiger partial charge in [0.2, 0.25) is 0 Å². The molecular weight excluding hydrogens is 126 g/mol. The van der Waals surface area contributed by atoms with Gasteiger partial charge in [0.1, 0.15) is 5.82 Å². The molecule has 0 aliphatic heterocycles. The number of nitrogens with one attached hydrogen (secondary N) is 1. The fourth-order valence-corrected chi connectivity index (χ4v) is 0.753. The third-order valence-corrected chi connectivity index (χ3v) is 1.18. The van der Waals surface area contributed by atoms with E-state index >= 15 is 0 Å². The van der Waals surface area contributed by atoms with Crippen LogP contribution in [0.25, 0.3) is 0 Å². The zero-order valence-corrected chi connectivity index (χ0v) is 5.83. The standard InChI is InChI=1S/C7H9N3/c1-8-5-6-3-4-10-7(6)9-2/h3-5,10H,2H2,1H3/b8-5-. The van der Waals surface area contributed by atoms with Crippen LogP contribution in [-0.2, 0) is 0 Å². The normalized spacial score (nSPS) is 10.5. The summed E-state index contributed by atoms with van der Waals surface area (Å²) >= 11 is 0. The Balaban J connectivity index is 3.00. The molecule has 0 amide bonds. The summed E-state index contributed by atoms with van der Waals surface area (Å²) in [6.07, 6.45) is 3.54. The molecule has 0 aliphatic rings. The SMILES string of the molecule is C=Nc1[nH]ccc1/C=N\C. The lowest BCUT2D eigenvalue weighted by molar-refractivity contribution is 1.34. The van der Waals surface area contributed by atoms with E-state index in [1.807, 2.05) is 6.07 Å². The number of nitrogens with zero attached hydrogens (tertiary/aromatic N) is 2. The maximum atomic E-state index is 3.85. The number of rotatable bonds is 2. The lowest BCUT2D eigenvalue weighted by atomic mass is 10.3. The maximum absolute atomic E-state index is 3.85. The Morgan fingerprint density at radius 1 is 1.70 bits per heavy atom. The van der Waals surface area contributed by atoms with Crippen LogP contribution in [0.3, 0.4) is 0 Å². The van der Waals surface area contributed by atoms with Gasteiger partial charge in [-0.1, -0.05) is 0 Å². The van der Waals surface area contributed by atoms with Gasteiger partial charge in [-0.05, 0) is 12.8 Å². The average Bonchev–Trinajstić information content (AvgIpc) is 2.36. The van der Waals surface area contributed by atoms with E-state index in [2.05, 4.69) is 21.7 Å². The Labute approximate surface area is 59.5 Å². The molecule has 1 rings (SSSR count). The molecule has 0 spiro atoms. The van der Waals surface area contributed by atoms with Crippen LogP contribution in [0.5, 0.6) is 0 Å². The summed E-state index contributed by atoms with van der Waals surface area (Å²) in [7, 11) is 1.72. The molecule has 0 radical (unpaired) electrons. The molecule has 0 atom stereocenters. The number of aliphatic imine (C=N–C) groups is 2. The first kappa shape index (κ1) is 6.74. The number of hydrogen-bond donors (Lipinski definition) is 1. The third-order valence-electron chi connectivity index (χ3n) is 1.18. The van der Waals surface area contributed by atoms with Gasteiger partial charge >= 0.3 is 0 Å². The first-order valence-corrected chi connectivity index (χ1v) is 2.94. The zero-order valence-electron chi connectivity index (χ0n) is 5.83.